The molecule has 0 fully saturated rings. The Kier molecular flexibility index (Phi) is 4.80. The van der Waals surface area contributed by atoms with Crippen molar-refractivity contribution in [3.63, 3.8) is 0 Å². The van der Waals surface area contributed by atoms with Crippen LogP contribution in [0, 0.1) is 10.1 Å². The maximum atomic E-state index is 11.4. The van der Waals surface area contributed by atoms with Crippen LogP contribution in [-0.2, 0) is 16.0 Å². The van der Waals surface area contributed by atoms with E-state index < -0.39 is 22.3 Å². The minimum atomic E-state index is -2.89. The third-order valence-electron chi connectivity index (χ3n) is 2.51. The maximum absolute atomic E-state index is 11.4. The number of aromatic nitrogens is 1. The molecule has 1 aromatic heterocycles. The molecule has 0 N–H and O–H groups in total. The van der Waals surface area contributed by atoms with E-state index in [1.165, 1.54) is 23.6 Å². The third-order valence-corrected chi connectivity index (χ3v) is 4.07. The summed E-state index contributed by atoms with van der Waals surface area (Å²) < 4.78 is 26.9. The first-order chi connectivity index (χ1) is 10.4. The van der Waals surface area contributed by atoms with Crippen molar-refractivity contribution in [1.29, 1.82) is 0 Å². The summed E-state index contributed by atoms with van der Waals surface area (Å²) in [4.78, 5) is 25.6. The molecule has 0 radical (unpaired) electrons. The number of methoxy groups -OCH3 is 1. The van der Waals surface area contributed by atoms with E-state index in [0.29, 0.717) is 15.6 Å². The zero-order chi connectivity index (χ0) is 16.3. The van der Waals surface area contributed by atoms with Crippen LogP contribution in [0.4, 0.5) is 15.6 Å². The lowest BCUT2D eigenvalue weighted by Gasteiger charge is -2.19. The topological polar surface area (TPSA) is 126 Å². The molecular weight excluding hydrogens is 334 g/mol. The van der Waals surface area contributed by atoms with E-state index in [4.69, 9.17) is 0 Å². The van der Waals surface area contributed by atoms with Crippen molar-refractivity contribution < 1.29 is 23.2 Å². The fourth-order valence-corrected chi connectivity index (χ4v) is 2.96. The number of amides is 1. The predicted octanol–water partition coefficient (Wildman–Crippen LogP) is 2.09. The van der Waals surface area contributed by atoms with E-state index >= 15 is 0 Å². The Bertz CT molecular complexity index is 747. The summed E-state index contributed by atoms with van der Waals surface area (Å²) in [6, 6.07) is 5.69. The van der Waals surface area contributed by atoms with Crippen LogP contribution >= 0.6 is 11.3 Å². The highest BCUT2D eigenvalue weighted by atomic mass is 32.2. The van der Waals surface area contributed by atoms with E-state index in [2.05, 4.69) is 9.72 Å². The van der Waals surface area contributed by atoms with Crippen LogP contribution in [-0.4, -0.2) is 31.9 Å². The molecule has 1 heterocycles. The van der Waals surface area contributed by atoms with Crippen LogP contribution in [0.1, 0.15) is 0 Å². The molecule has 0 aliphatic heterocycles. The zero-order valence-corrected chi connectivity index (χ0v) is 12.6. The van der Waals surface area contributed by atoms with Gasteiger partial charge in [-0.15, -0.1) is 11.3 Å². The normalized spacial score (nSPS) is 11.7. The molecule has 0 aliphatic rings. The van der Waals surface area contributed by atoms with Gasteiger partial charge in [0, 0.05) is 23.1 Å². The Labute approximate surface area is 130 Å². The molecule has 0 saturated heterocycles. The Hall–Kier alpha value is -2.37. The van der Waals surface area contributed by atoms with Crippen LogP contribution in [0.3, 0.4) is 0 Å². The molecule has 0 bridgehead atoms. The van der Waals surface area contributed by atoms with Crippen molar-refractivity contribution in [2.45, 2.75) is 0 Å². The van der Waals surface area contributed by atoms with Gasteiger partial charge in [0.1, 0.15) is 0 Å². The van der Waals surface area contributed by atoms with Gasteiger partial charge in [0.2, 0.25) is 5.13 Å². The standard InChI is InChI=1S/C11H9N3O6S2/c1-20-11(15)13(22(18)19)10-12-9(6-21-10)7-3-2-4-8(5-7)14(16)17/h2-6H,1H3,(H,18,19)/p-1. The highest BCUT2D eigenvalue weighted by molar-refractivity contribution is 7.81. The number of non-ortho nitro benzene ring substituents is 1. The van der Waals surface area contributed by atoms with Gasteiger partial charge in [0.05, 0.1) is 29.0 Å². The third kappa shape index (κ3) is 3.27. The van der Waals surface area contributed by atoms with Crippen LogP contribution in [0.25, 0.3) is 11.3 Å². The first-order valence-corrected chi connectivity index (χ1v) is 7.53. The molecule has 1 amide bonds. The lowest BCUT2D eigenvalue weighted by Crippen LogP contribution is -2.32. The lowest BCUT2D eigenvalue weighted by molar-refractivity contribution is -0.384. The van der Waals surface area contributed by atoms with E-state index in [1.54, 1.807) is 6.07 Å². The van der Waals surface area contributed by atoms with Crippen molar-refractivity contribution in [3.8, 4) is 11.3 Å². The smallest absolute Gasteiger partial charge is 0.427 e. The van der Waals surface area contributed by atoms with Gasteiger partial charge in [-0.2, -0.15) is 4.31 Å². The average molecular weight is 342 g/mol. The molecule has 11 heteroatoms. The first kappa shape index (κ1) is 16.0. The highest BCUT2D eigenvalue weighted by Crippen LogP contribution is 2.30. The van der Waals surface area contributed by atoms with Crippen molar-refractivity contribution in [2.24, 2.45) is 0 Å². The Morgan fingerprint density at radius 2 is 2.23 bits per heavy atom. The minimum Gasteiger partial charge on any atom is -0.755 e. The molecule has 2 rings (SSSR count). The Balaban J connectivity index is 2.39. The molecular formula is C11H8N3O6S2-. The number of rotatable bonds is 4. The Morgan fingerprint density at radius 1 is 1.50 bits per heavy atom. The fourth-order valence-electron chi connectivity index (χ4n) is 1.55. The molecule has 1 aromatic carbocycles. The van der Waals surface area contributed by atoms with Crippen molar-refractivity contribution in [1.82, 2.24) is 4.98 Å². The first-order valence-electron chi connectivity index (χ1n) is 5.62. The van der Waals surface area contributed by atoms with E-state index in [1.807, 2.05) is 0 Å². The summed E-state index contributed by atoms with van der Waals surface area (Å²) in [7, 11) is 1.04. The minimum absolute atomic E-state index is 0.121. The largest absolute Gasteiger partial charge is 0.755 e. The molecule has 1 unspecified atom stereocenters. The lowest BCUT2D eigenvalue weighted by atomic mass is 10.1. The number of hydrogen-bond donors (Lipinski definition) is 0. The second kappa shape index (κ2) is 6.60. The van der Waals surface area contributed by atoms with Crippen LogP contribution in [0.2, 0.25) is 0 Å². The number of nitro groups is 1. The summed E-state index contributed by atoms with van der Waals surface area (Å²) in [5.74, 6) is 0. The van der Waals surface area contributed by atoms with Crippen molar-refractivity contribution in [3.05, 3.63) is 39.8 Å². The number of benzene rings is 1. The highest BCUT2D eigenvalue weighted by Gasteiger charge is 2.21. The van der Waals surface area contributed by atoms with Gasteiger partial charge in [-0.1, -0.05) is 12.1 Å². The maximum Gasteiger partial charge on any atom is 0.427 e. The van der Waals surface area contributed by atoms with E-state index in [-0.39, 0.29) is 10.8 Å². The second-order valence-electron chi connectivity index (χ2n) is 3.80. The Morgan fingerprint density at radius 3 is 2.82 bits per heavy atom. The van der Waals surface area contributed by atoms with Crippen LogP contribution < -0.4 is 4.31 Å². The summed E-state index contributed by atoms with van der Waals surface area (Å²) >= 11 is -2.00. The number of thiazole rings is 1. The summed E-state index contributed by atoms with van der Waals surface area (Å²) in [6.07, 6.45) is -1.10. The van der Waals surface area contributed by atoms with Gasteiger partial charge in [-0.25, -0.2) is 9.78 Å². The molecule has 1 atom stereocenters. The predicted molar refractivity (Wildman–Crippen MR) is 78.0 cm³/mol. The van der Waals surface area contributed by atoms with Gasteiger partial charge in [0.15, 0.2) is 0 Å². The monoisotopic (exact) mass is 342 g/mol. The van der Waals surface area contributed by atoms with Gasteiger partial charge < -0.3 is 9.29 Å². The molecule has 0 aliphatic carbocycles. The molecule has 0 saturated carbocycles. The number of carbonyl (C=O) groups is 1. The number of nitrogens with zero attached hydrogens (tertiary/aromatic N) is 3. The number of anilines is 1. The molecule has 116 valence electrons. The van der Waals surface area contributed by atoms with Crippen molar-refractivity contribution >= 4 is 39.5 Å². The van der Waals surface area contributed by atoms with Gasteiger partial charge >= 0.3 is 6.09 Å². The van der Waals surface area contributed by atoms with Crippen LogP contribution in [0.5, 0.6) is 0 Å². The fraction of sp³-hybridized carbons (Fsp3) is 0.0909. The second-order valence-corrected chi connectivity index (χ2v) is 5.44. The van der Waals surface area contributed by atoms with E-state index in [9.17, 15) is 23.7 Å². The number of ether oxygens (including phenoxy) is 1. The van der Waals surface area contributed by atoms with E-state index in [0.717, 1.165) is 18.4 Å². The van der Waals surface area contributed by atoms with Gasteiger partial charge in [-0.05, 0) is 0 Å². The summed E-state index contributed by atoms with van der Waals surface area (Å²) in [5.41, 5.74) is 0.616. The molecule has 2 aromatic rings. The van der Waals surface area contributed by atoms with Crippen molar-refractivity contribution in [2.75, 3.05) is 11.4 Å². The zero-order valence-electron chi connectivity index (χ0n) is 11.0. The summed E-state index contributed by atoms with van der Waals surface area (Å²) in [6.45, 7) is 0. The average Bonchev–Trinajstić information content (AvgIpc) is 2.96. The summed E-state index contributed by atoms with van der Waals surface area (Å²) in [5, 5.41) is 12.1. The van der Waals surface area contributed by atoms with Gasteiger partial charge in [0.25, 0.3) is 5.69 Å². The number of nitro benzene ring substituents is 1. The quantitative estimate of drug-likeness (QED) is 0.473. The number of carbonyl (C=O) groups excluding carboxylic acids is 1. The number of hydrogen-bond acceptors (Lipinski definition) is 8. The molecule has 22 heavy (non-hydrogen) atoms. The molecule has 0 spiro atoms. The SMILES string of the molecule is COC(=O)N(c1nc(-c2cccc([N+](=O)[O-])c2)cs1)S(=O)[O-]. The van der Waals surface area contributed by atoms with Gasteiger partial charge in [-0.3, -0.25) is 14.3 Å². The van der Waals surface area contributed by atoms with Crippen LogP contribution in [0.15, 0.2) is 29.6 Å². The molecule has 9 nitrogen and oxygen atoms in total.